The van der Waals surface area contributed by atoms with Gasteiger partial charge in [0.05, 0.1) is 0 Å². The third-order valence-corrected chi connectivity index (χ3v) is 3.51. The van der Waals surface area contributed by atoms with Gasteiger partial charge >= 0.3 is 0 Å². The van der Waals surface area contributed by atoms with Gasteiger partial charge < -0.3 is 15.5 Å². The van der Waals surface area contributed by atoms with E-state index in [1.165, 1.54) is 19.3 Å². The quantitative estimate of drug-likeness (QED) is 0.820. The van der Waals surface area contributed by atoms with Gasteiger partial charge in [-0.25, -0.2) is 9.97 Å². The van der Waals surface area contributed by atoms with Crippen molar-refractivity contribution in [2.75, 3.05) is 36.9 Å². The summed E-state index contributed by atoms with van der Waals surface area (Å²) < 4.78 is 0. The fraction of sp³-hybridized carbons (Fsp3) is 0.714. The summed E-state index contributed by atoms with van der Waals surface area (Å²) in [6.07, 6.45) is 6.63. The van der Waals surface area contributed by atoms with E-state index in [4.69, 9.17) is 0 Å². The minimum Gasteiger partial charge on any atom is -0.370 e. The molecular formula is C14H25N5. The van der Waals surface area contributed by atoms with Crippen LogP contribution >= 0.6 is 0 Å². The number of hydrogen-bond donors (Lipinski definition) is 2. The average Bonchev–Trinajstić information content (AvgIpc) is 2.46. The number of aromatic nitrogens is 2. The Bertz CT molecular complexity index is 376. The molecule has 0 radical (unpaired) electrons. The highest BCUT2D eigenvalue weighted by Crippen LogP contribution is 2.15. The number of hydrogen-bond acceptors (Lipinski definition) is 5. The lowest BCUT2D eigenvalue weighted by molar-refractivity contribution is 0.403. The lowest BCUT2D eigenvalue weighted by Gasteiger charge is -2.28. The predicted molar refractivity (Wildman–Crippen MR) is 79.7 cm³/mol. The Morgan fingerprint density at radius 1 is 1.42 bits per heavy atom. The highest BCUT2D eigenvalue weighted by atomic mass is 15.2. The fourth-order valence-electron chi connectivity index (χ4n) is 2.41. The van der Waals surface area contributed by atoms with Crippen LogP contribution in [0.2, 0.25) is 0 Å². The molecular weight excluding hydrogens is 238 g/mol. The maximum Gasteiger partial charge on any atom is 0.133 e. The van der Waals surface area contributed by atoms with Gasteiger partial charge in [0.1, 0.15) is 18.0 Å². The maximum absolute atomic E-state index is 4.36. The topological polar surface area (TPSA) is 53.1 Å². The van der Waals surface area contributed by atoms with Gasteiger partial charge in [-0.1, -0.05) is 13.3 Å². The van der Waals surface area contributed by atoms with Crippen LogP contribution in [-0.4, -0.2) is 42.7 Å². The summed E-state index contributed by atoms with van der Waals surface area (Å²) in [6, 6.07) is 2.61. The molecule has 2 rings (SSSR count). The lowest BCUT2D eigenvalue weighted by Crippen LogP contribution is -2.42. The van der Waals surface area contributed by atoms with Crippen molar-refractivity contribution in [1.82, 2.24) is 15.3 Å². The average molecular weight is 263 g/mol. The Balaban J connectivity index is 1.91. The minimum absolute atomic E-state index is 0.584. The van der Waals surface area contributed by atoms with Crippen molar-refractivity contribution in [3.63, 3.8) is 0 Å². The van der Waals surface area contributed by atoms with Crippen molar-refractivity contribution >= 4 is 11.6 Å². The molecule has 1 aromatic rings. The van der Waals surface area contributed by atoms with E-state index >= 15 is 0 Å². The van der Waals surface area contributed by atoms with Gasteiger partial charge in [-0.3, -0.25) is 0 Å². The normalized spacial score (nSPS) is 19.2. The molecule has 0 spiro atoms. The molecule has 0 amide bonds. The second kappa shape index (κ2) is 7.28. The van der Waals surface area contributed by atoms with Gasteiger partial charge in [0.2, 0.25) is 0 Å². The summed E-state index contributed by atoms with van der Waals surface area (Å²) in [5.41, 5.74) is 0. The lowest BCUT2D eigenvalue weighted by atomic mass is 10.0. The van der Waals surface area contributed by atoms with Gasteiger partial charge in [-0.05, 0) is 25.8 Å². The van der Waals surface area contributed by atoms with E-state index in [0.29, 0.717) is 6.04 Å². The van der Waals surface area contributed by atoms with Gasteiger partial charge in [-0.15, -0.1) is 0 Å². The van der Waals surface area contributed by atoms with Crippen molar-refractivity contribution in [1.29, 1.82) is 0 Å². The molecule has 5 heteroatoms. The Morgan fingerprint density at radius 2 is 2.32 bits per heavy atom. The summed E-state index contributed by atoms with van der Waals surface area (Å²) in [6.45, 7) is 5.25. The first kappa shape index (κ1) is 14.1. The monoisotopic (exact) mass is 263 g/mol. The first-order valence-corrected chi connectivity index (χ1v) is 7.30. The molecule has 1 atom stereocenters. The third kappa shape index (κ3) is 4.35. The molecule has 106 valence electrons. The van der Waals surface area contributed by atoms with Crippen LogP contribution in [0.1, 0.15) is 32.6 Å². The number of rotatable bonds is 6. The van der Waals surface area contributed by atoms with Crippen LogP contribution in [0.25, 0.3) is 0 Å². The Kier molecular flexibility index (Phi) is 5.39. The molecule has 1 unspecified atom stereocenters. The smallest absolute Gasteiger partial charge is 0.133 e. The standard InChI is InChI=1S/C14H25N5/c1-3-7-16-13-9-14(18-11-17-13)19(2)10-12-6-4-5-8-15-12/h9,11-12,15H,3-8,10H2,1-2H3,(H,16,17,18). The minimum atomic E-state index is 0.584. The number of nitrogens with zero attached hydrogens (tertiary/aromatic N) is 3. The summed E-state index contributed by atoms with van der Waals surface area (Å²) in [7, 11) is 2.10. The van der Waals surface area contributed by atoms with Crippen LogP contribution < -0.4 is 15.5 Å². The molecule has 1 fully saturated rings. The number of anilines is 2. The largest absolute Gasteiger partial charge is 0.370 e. The van der Waals surface area contributed by atoms with Crippen LogP contribution in [-0.2, 0) is 0 Å². The number of piperidine rings is 1. The van der Waals surface area contributed by atoms with E-state index in [1.54, 1.807) is 6.33 Å². The maximum atomic E-state index is 4.36. The molecule has 0 aromatic carbocycles. The van der Waals surface area contributed by atoms with Gasteiger partial charge in [0.15, 0.2) is 0 Å². The zero-order valence-electron chi connectivity index (χ0n) is 12.0. The zero-order chi connectivity index (χ0) is 13.5. The highest BCUT2D eigenvalue weighted by molar-refractivity contribution is 5.47. The van der Waals surface area contributed by atoms with Gasteiger partial charge in [0.25, 0.3) is 0 Å². The molecule has 1 saturated heterocycles. The van der Waals surface area contributed by atoms with E-state index in [9.17, 15) is 0 Å². The summed E-state index contributed by atoms with van der Waals surface area (Å²) >= 11 is 0. The SMILES string of the molecule is CCCNc1cc(N(C)CC2CCCCN2)ncn1. The molecule has 2 heterocycles. The van der Waals surface area contributed by atoms with Crippen molar-refractivity contribution in [3.8, 4) is 0 Å². The van der Waals surface area contributed by atoms with E-state index in [0.717, 1.165) is 37.7 Å². The molecule has 1 aliphatic heterocycles. The van der Waals surface area contributed by atoms with Crippen molar-refractivity contribution in [3.05, 3.63) is 12.4 Å². The van der Waals surface area contributed by atoms with Gasteiger partial charge in [-0.2, -0.15) is 0 Å². The van der Waals surface area contributed by atoms with E-state index in [1.807, 2.05) is 6.07 Å². The summed E-state index contributed by atoms with van der Waals surface area (Å²) in [5.74, 6) is 1.90. The Morgan fingerprint density at radius 3 is 3.05 bits per heavy atom. The van der Waals surface area contributed by atoms with E-state index < -0.39 is 0 Å². The fourth-order valence-corrected chi connectivity index (χ4v) is 2.41. The van der Waals surface area contributed by atoms with E-state index in [2.05, 4.69) is 39.5 Å². The van der Waals surface area contributed by atoms with Crippen LogP contribution in [0.3, 0.4) is 0 Å². The summed E-state index contributed by atoms with van der Waals surface area (Å²) in [5, 5.41) is 6.87. The van der Waals surface area contributed by atoms with Crippen molar-refractivity contribution < 1.29 is 0 Å². The molecule has 0 aliphatic carbocycles. The second-order valence-corrected chi connectivity index (χ2v) is 5.22. The molecule has 5 nitrogen and oxygen atoms in total. The zero-order valence-corrected chi connectivity index (χ0v) is 12.0. The highest BCUT2D eigenvalue weighted by Gasteiger charge is 2.15. The summed E-state index contributed by atoms with van der Waals surface area (Å²) in [4.78, 5) is 10.8. The second-order valence-electron chi connectivity index (χ2n) is 5.22. The molecule has 19 heavy (non-hydrogen) atoms. The predicted octanol–water partition coefficient (Wildman–Crippen LogP) is 1.88. The molecule has 1 aromatic heterocycles. The van der Waals surface area contributed by atoms with Crippen molar-refractivity contribution in [2.45, 2.75) is 38.6 Å². The first-order chi connectivity index (χ1) is 9.29. The van der Waals surface area contributed by atoms with Crippen LogP contribution in [0.5, 0.6) is 0 Å². The Labute approximate surface area is 115 Å². The van der Waals surface area contributed by atoms with Gasteiger partial charge in [0, 0.05) is 32.2 Å². The van der Waals surface area contributed by atoms with E-state index in [-0.39, 0.29) is 0 Å². The molecule has 1 aliphatic rings. The molecule has 0 saturated carbocycles. The first-order valence-electron chi connectivity index (χ1n) is 7.30. The van der Waals surface area contributed by atoms with Crippen molar-refractivity contribution in [2.24, 2.45) is 0 Å². The van der Waals surface area contributed by atoms with Crippen LogP contribution in [0.15, 0.2) is 12.4 Å². The number of nitrogens with one attached hydrogen (secondary N) is 2. The molecule has 0 bridgehead atoms. The van der Waals surface area contributed by atoms with Crippen LogP contribution in [0, 0.1) is 0 Å². The third-order valence-electron chi connectivity index (χ3n) is 3.51. The Hall–Kier alpha value is -1.36. The molecule has 2 N–H and O–H groups in total. The number of likely N-dealkylation sites (N-methyl/N-ethyl adjacent to an activating group) is 1. The van der Waals surface area contributed by atoms with Crippen LogP contribution in [0.4, 0.5) is 11.6 Å².